The second-order valence-corrected chi connectivity index (χ2v) is 5.97. The summed E-state index contributed by atoms with van der Waals surface area (Å²) in [5, 5.41) is 13.2. The van der Waals surface area contributed by atoms with Crippen LogP contribution in [0.5, 0.6) is 0 Å². The van der Waals surface area contributed by atoms with Crippen LogP contribution in [0.1, 0.15) is 38.5 Å². The Hall–Kier alpha value is -0.120. The number of likely N-dealkylation sites (tertiary alicyclic amines) is 1. The predicted octanol–water partition coefficient (Wildman–Crippen LogP) is 1.47. The van der Waals surface area contributed by atoms with Gasteiger partial charge in [-0.1, -0.05) is 12.8 Å². The van der Waals surface area contributed by atoms with Crippen molar-refractivity contribution in [1.82, 2.24) is 10.2 Å². The fourth-order valence-corrected chi connectivity index (χ4v) is 3.33. The summed E-state index contributed by atoms with van der Waals surface area (Å²) in [5.41, 5.74) is 0. The number of nitrogens with zero attached hydrogens (tertiary/aromatic N) is 1. The fraction of sp³-hybridized carbons (Fsp3) is 1.00. The van der Waals surface area contributed by atoms with Gasteiger partial charge in [-0.05, 0) is 57.7 Å². The van der Waals surface area contributed by atoms with E-state index in [4.69, 9.17) is 0 Å². The minimum absolute atomic E-state index is 0.355. The van der Waals surface area contributed by atoms with Crippen LogP contribution in [-0.4, -0.2) is 49.3 Å². The highest BCUT2D eigenvalue weighted by molar-refractivity contribution is 4.80. The van der Waals surface area contributed by atoms with Crippen LogP contribution in [0.25, 0.3) is 0 Å². The third kappa shape index (κ3) is 3.94. The Morgan fingerprint density at radius 1 is 1.18 bits per heavy atom. The Kier molecular flexibility index (Phi) is 5.26. The van der Waals surface area contributed by atoms with Gasteiger partial charge in [0.1, 0.15) is 0 Å². The van der Waals surface area contributed by atoms with Gasteiger partial charge in [-0.15, -0.1) is 0 Å². The van der Waals surface area contributed by atoms with E-state index in [1.807, 2.05) is 0 Å². The number of rotatable bonds is 5. The first-order valence-corrected chi connectivity index (χ1v) is 7.32. The minimum Gasteiger partial charge on any atom is -0.396 e. The van der Waals surface area contributed by atoms with Gasteiger partial charge in [-0.2, -0.15) is 0 Å². The molecule has 1 saturated carbocycles. The predicted molar refractivity (Wildman–Crippen MR) is 71.1 cm³/mol. The van der Waals surface area contributed by atoms with Gasteiger partial charge in [0, 0.05) is 19.2 Å². The molecule has 2 aliphatic rings. The smallest absolute Gasteiger partial charge is 0.0474 e. The Morgan fingerprint density at radius 2 is 1.82 bits per heavy atom. The molecule has 2 N–H and O–H groups in total. The van der Waals surface area contributed by atoms with Crippen molar-refractivity contribution in [3.63, 3.8) is 0 Å². The number of aliphatic hydroxyl groups is 1. The first-order valence-electron chi connectivity index (χ1n) is 7.32. The first-order chi connectivity index (χ1) is 8.29. The molecular formula is C14H28N2O. The Morgan fingerprint density at radius 3 is 2.41 bits per heavy atom. The summed E-state index contributed by atoms with van der Waals surface area (Å²) in [6.07, 6.45) is 7.96. The second kappa shape index (κ2) is 6.72. The lowest BCUT2D eigenvalue weighted by molar-refractivity contribution is 0.115. The van der Waals surface area contributed by atoms with Gasteiger partial charge in [0.05, 0.1) is 0 Å². The zero-order chi connectivity index (χ0) is 12.1. The molecule has 1 atom stereocenters. The summed E-state index contributed by atoms with van der Waals surface area (Å²) < 4.78 is 0. The lowest BCUT2D eigenvalue weighted by Crippen LogP contribution is -2.40. The molecule has 0 amide bonds. The van der Waals surface area contributed by atoms with Crippen LogP contribution in [0, 0.1) is 11.8 Å². The Bertz CT molecular complexity index is 208. The van der Waals surface area contributed by atoms with Crippen LogP contribution in [0.15, 0.2) is 0 Å². The van der Waals surface area contributed by atoms with E-state index >= 15 is 0 Å². The first kappa shape index (κ1) is 13.3. The zero-order valence-electron chi connectivity index (χ0n) is 11.2. The van der Waals surface area contributed by atoms with Gasteiger partial charge < -0.3 is 15.3 Å². The molecule has 0 bridgehead atoms. The van der Waals surface area contributed by atoms with Crippen LogP contribution >= 0.6 is 0 Å². The number of piperidine rings is 1. The van der Waals surface area contributed by atoms with E-state index < -0.39 is 0 Å². The molecule has 0 aromatic carbocycles. The summed E-state index contributed by atoms with van der Waals surface area (Å²) in [5.74, 6) is 1.20. The Labute approximate surface area is 106 Å². The van der Waals surface area contributed by atoms with Crippen molar-refractivity contribution in [3.05, 3.63) is 0 Å². The molecule has 3 heteroatoms. The zero-order valence-corrected chi connectivity index (χ0v) is 11.2. The number of nitrogens with one attached hydrogen (secondary N) is 1. The molecule has 3 nitrogen and oxygen atoms in total. The van der Waals surface area contributed by atoms with Gasteiger partial charge >= 0.3 is 0 Å². The SMILES string of the molecule is CN1CCC(C(CO)CNC2CCCC2)CC1. The maximum absolute atomic E-state index is 9.56. The van der Waals surface area contributed by atoms with Gasteiger partial charge in [0.25, 0.3) is 0 Å². The molecule has 100 valence electrons. The normalized spacial score (nSPS) is 26.5. The van der Waals surface area contributed by atoms with Crippen LogP contribution in [0.3, 0.4) is 0 Å². The molecule has 2 rings (SSSR count). The molecule has 0 radical (unpaired) electrons. The van der Waals surface area contributed by atoms with E-state index in [2.05, 4.69) is 17.3 Å². The summed E-state index contributed by atoms with van der Waals surface area (Å²) in [6.45, 7) is 3.78. The third-order valence-electron chi connectivity index (χ3n) is 4.69. The summed E-state index contributed by atoms with van der Waals surface area (Å²) in [4.78, 5) is 2.40. The minimum atomic E-state index is 0.355. The molecule has 0 aromatic rings. The van der Waals surface area contributed by atoms with Crippen molar-refractivity contribution in [1.29, 1.82) is 0 Å². The molecule has 1 unspecified atom stereocenters. The van der Waals surface area contributed by atoms with E-state index in [0.717, 1.165) is 18.5 Å². The van der Waals surface area contributed by atoms with Crippen LogP contribution < -0.4 is 5.32 Å². The maximum Gasteiger partial charge on any atom is 0.0474 e. The summed E-state index contributed by atoms with van der Waals surface area (Å²) >= 11 is 0. The quantitative estimate of drug-likeness (QED) is 0.764. The fourth-order valence-electron chi connectivity index (χ4n) is 3.33. The number of hydrogen-bond donors (Lipinski definition) is 2. The van der Waals surface area contributed by atoms with Crippen molar-refractivity contribution in [3.8, 4) is 0 Å². The molecule has 0 spiro atoms. The topological polar surface area (TPSA) is 35.5 Å². The highest BCUT2D eigenvalue weighted by Crippen LogP contribution is 2.25. The van der Waals surface area contributed by atoms with E-state index in [1.54, 1.807) is 0 Å². The average Bonchev–Trinajstić information content (AvgIpc) is 2.85. The number of hydrogen-bond acceptors (Lipinski definition) is 3. The summed E-state index contributed by atoms with van der Waals surface area (Å²) in [6, 6.07) is 0.732. The van der Waals surface area contributed by atoms with E-state index in [-0.39, 0.29) is 0 Å². The molecule has 1 aliphatic heterocycles. The van der Waals surface area contributed by atoms with Crippen molar-refractivity contribution in [2.75, 3.05) is 33.3 Å². The monoisotopic (exact) mass is 240 g/mol. The number of aliphatic hydroxyl groups excluding tert-OH is 1. The van der Waals surface area contributed by atoms with Crippen LogP contribution in [-0.2, 0) is 0 Å². The molecule has 17 heavy (non-hydrogen) atoms. The molecule has 2 fully saturated rings. The van der Waals surface area contributed by atoms with E-state index in [1.165, 1.54) is 51.6 Å². The van der Waals surface area contributed by atoms with Crippen molar-refractivity contribution in [2.24, 2.45) is 11.8 Å². The molecule has 1 aliphatic carbocycles. The van der Waals surface area contributed by atoms with Gasteiger partial charge in [0.2, 0.25) is 0 Å². The molecular weight excluding hydrogens is 212 g/mol. The molecule has 1 heterocycles. The van der Waals surface area contributed by atoms with Gasteiger partial charge in [-0.25, -0.2) is 0 Å². The largest absolute Gasteiger partial charge is 0.396 e. The second-order valence-electron chi connectivity index (χ2n) is 5.97. The van der Waals surface area contributed by atoms with Gasteiger partial charge in [-0.3, -0.25) is 0 Å². The van der Waals surface area contributed by atoms with Crippen molar-refractivity contribution in [2.45, 2.75) is 44.6 Å². The lowest BCUT2D eigenvalue weighted by atomic mass is 9.84. The Balaban J connectivity index is 1.71. The average molecular weight is 240 g/mol. The third-order valence-corrected chi connectivity index (χ3v) is 4.69. The van der Waals surface area contributed by atoms with Gasteiger partial charge in [0.15, 0.2) is 0 Å². The maximum atomic E-state index is 9.56. The van der Waals surface area contributed by atoms with Crippen LogP contribution in [0.2, 0.25) is 0 Å². The summed E-state index contributed by atoms with van der Waals surface area (Å²) in [7, 11) is 2.20. The van der Waals surface area contributed by atoms with Crippen LogP contribution in [0.4, 0.5) is 0 Å². The standard InChI is InChI=1S/C14H28N2O/c1-16-8-6-12(7-9-16)13(11-17)10-15-14-4-2-3-5-14/h12-15,17H,2-11H2,1H3. The van der Waals surface area contributed by atoms with Crippen molar-refractivity contribution >= 4 is 0 Å². The lowest BCUT2D eigenvalue weighted by Gasteiger charge is -2.34. The highest BCUT2D eigenvalue weighted by Gasteiger charge is 2.25. The van der Waals surface area contributed by atoms with E-state index in [9.17, 15) is 5.11 Å². The van der Waals surface area contributed by atoms with E-state index in [0.29, 0.717) is 12.5 Å². The molecule has 1 saturated heterocycles. The molecule has 0 aromatic heterocycles. The highest BCUT2D eigenvalue weighted by atomic mass is 16.3. The van der Waals surface area contributed by atoms with Crippen molar-refractivity contribution < 1.29 is 5.11 Å².